The van der Waals surface area contributed by atoms with Crippen molar-refractivity contribution in [3.63, 3.8) is 0 Å². The average Bonchev–Trinajstić information content (AvgIpc) is 2.57. The van der Waals surface area contributed by atoms with Gasteiger partial charge in [-0.15, -0.1) is 0 Å². The van der Waals surface area contributed by atoms with Crippen molar-refractivity contribution in [2.75, 3.05) is 11.9 Å². The standard InChI is InChI=1S/C17H19N3O4/c1-2-24-17(23)14-15(18-11-7-3-4-8-12(11)21)19-13-9-5-6-10-20(13)16(14)22/h3-4,7-8,18,21H,2,5-6,9-10H2,1H3. The van der Waals surface area contributed by atoms with Crippen LogP contribution in [-0.4, -0.2) is 27.2 Å². The van der Waals surface area contributed by atoms with E-state index < -0.39 is 11.5 Å². The Bertz CT molecular complexity index is 829. The minimum absolute atomic E-state index is 0.00642. The zero-order valence-electron chi connectivity index (χ0n) is 13.4. The lowest BCUT2D eigenvalue weighted by Crippen LogP contribution is -2.34. The summed E-state index contributed by atoms with van der Waals surface area (Å²) in [6.45, 7) is 2.39. The second-order valence-electron chi connectivity index (χ2n) is 5.53. The first-order valence-electron chi connectivity index (χ1n) is 7.97. The van der Waals surface area contributed by atoms with Gasteiger partial charge in [0.2, 0.25) is 0 Å². The fourth-order valence-corrected chi connectivity index (χ4v) is 2.76. The van der Waals surface area contributed by atoms with E-state index in [2.05, 4.69) is 10.3 Å². The highest BCUT2D eigenvalue weighted by molar-refractivity contribution is 5.95. The topological polar surface area (TPSA) is 93.4 Å². The Hall–Kier alpha value is -2.83. The molecule has 0 aliphatic carbocycles. The summed E-state index contributed by atoms with van der Waals surface area (Å²) in [6, 6.07) is 6.57. The Morgan fingerprint density at radius 2 is 2.17 bits per heavy atom. The van der Waals surface area contributed by atoms with E-state index in [-0.39, 0.29) is 23.7 Å². The summed E-state index contributed by atoms with van der Waals surface area (Å²) in [5, 5.41) is 12.8. The molecule has 1 aromatic carbocycles. The molecule has 0 radical (unpaired) electrons. The Morgan fingerprint density at radius 3 is 2.92 bits per heavy atom. The van der Waals surface area contributed by atoms with Gasteiger partial charge in [-0.3, -0.25) is 9.36 Å². The molecular formula is C17H19N3O4. The number of aryl methyl sites for hydroxylation is 1. The molecule has 2 N–H and O–H groups in total. The maximum absolute atomic E-state index is 12.7. The summed E-state index contributed by atoms with van der Waals surface area (Å²) in [7, 11) is 0. The molecular weight excluding hydrogens is 310 g/mol. The van der Waals surface area contributed by atoms with Gasteiger partial charge in [0.05, 0.1) is 12.3 Å². The van der Waals surface area contributed by atoms with Crippen LogP contribution in [0.5, 0.6) is 5.75 Å². The largest absolute Gasteiger partial charge is 0.506 e. The first kappa shape index (κ1) is 16.0. The maximum atomic E-state index is 12.7. The summed E-state index contributed by atoms with van der Waals surface area (Å²) in [4.78, 5) is 29.5. The van der Waals surface area contributed by atoms with Gasteiger partial charge in [-0.25, -0.2) is 9.78 Å². The number of fused-ring (bicyclic) bond motifs is 1. The number of carbonyl (C=O) groups is 1. The van der Waals surface area contributed by atoms with Crippen LogP contribution in [0.2, 0.25) is 0 Å². The van der Waals surface area contributed by atoms with Crippen LogP contribution in [-0.2, 0) is 17.7 Å². The number of aromatic hydroxyl groups is 1. The van der Waals surface area contributed by atoms with Crippen LogP contribution >= 0.6 is 0 Å². The molecule has 7 nitrogen and oxygen atoms in total. The molecule has 0 saturated carbocycles. The van der Waals surface area contributed by atoms with Crippen molar-refractivity contribution in [3.8, 4) is 5.75 Å². The second-order valence-corrected chi connectivity index (χ2v) is 5.53. The second kappa shape index (κ2) is 6.74. The predicted octanol–water partition coefficient (Wildman–Crippen LogP) is 2.21. The van der Waals surface area contributed by atoms with Gasteiger partial charge in [-0.1, -0.05) is 12.1 Å². The van der Waals surface area contributed by atoms with Crippen LogP contribution in [0.25, 0.3) is 0 Å². The lowest BCUT2D eigenvalue weighted by molar-refractivity contribution is 0.0524. The maximum Gasteiger partial charge on any atom is 0.347 e. The van der Waals surface area contributed by atoms with E-state index in [0.717, 1.165) is 12.8 Å². The van der Waals surface area contributed by atoms with Gasteiger partial charge in [0.25, 0.3) is 5.56 Å². The summed E-state index contributed by atoms with van der Waals surface area (Å²) >= 11 is 0. The smallest absolute Gasteiger partial charge is 0.347 e. The number of esters is 1. The normalized spacial score (nSPS) is 13.2. The Morgan fingerprint density at radius 1 is 1.38 bits per heavy atom. The third-order valence-electron chi connectivity index (χ3n) is 3.92. The summed E-state index contributed by atoms with van der Waals surface area (Å²) in [5.41, 5.74) is -0.169. The number of benzene rings is 1. The van der Waals surface area contributed by atoms with E-state index in [0.29, 0.717) is 24.5 Å². The molecule has 126 valence electrons. The first-order valence-corrected chi connectivity index (χ1v) is 7.97. The zero-order valence-corrected chi connectivity index (χ0v) is 13.4. The van der Waals surface area contributed by atoms with Crippen LogP contribution < -0.4 is 10.9 Å². The van der Waals surface area contributed by atoms with Crippen molar-refractivity contribution in [3.05, 3.63) is 46.0 Å². The molecule has 1 aromatic heterocycles. The molecule has 2 aromatic rings. The molecule has 0 unspecified atom stereocenters. The third kappa shape index (κ3) is 2.97. The highest BCUT2D eigenvalue weighted by atomic mass is 16.5. The molecule has 7 heteroatoms. The van der Waals surface area contributed by atoms with Gasteiger partial charge in [0.1, 0.15) is 11.6 Å². The molecule has 3 rings (SSSR count). The number of phenols is 1. The number of rotatable bonds is 4. The molecule has 2 heterocycles. The predicted molar refractivity (Wildman–Crippen MR) is 88.8 cm³/mol. The van der Waals surface area contributed by atoms with E-state index >= 15 is 0 Å². The molecule has 0 atom stereocenters. The average molecular weight is 329 g/mol. The fourth-order valence-electron chi connectivity index (χ4n) is 2.76. The van der Waals surface area contributed by atoms with E-state index in [4.69, 9.17) is 4.74 Å². The van der Waals surface area contributed by atoms with Crippen molar-refractivity contribution in [2.24, 2.45) is 0 Å². The van der Waals surface area contributed by atoms with Gasteiger partial charge >= 0.3 is 5.97 Å². The van der Waals surface area contributed by atoms with Crippen LogP contribution in [0.15, 0.2) is 29.1 Å². The molecule has 1 aliphatic heterocycles. The molecule has 0 saturated heterocycles. The highest BCUT2D eigenvalue weighted by Crippen LogP contribution is 2.27. The quantitative estimate of drug-likeness (QED) is 0.660. The minimum atomic E-state index is -0.714. The lowest BCUT2D eigenvalue weighted by atomic mass is 10.1. The summed E-state index contributed by atoms with van der Waals surface area (Å²) < 4.78 is 6.55. The lowest BCUT2D eigenvalue weighted by Gasteiger charge is -2.20. The van der Waals surface area contributed by atoms with Crippen LogP contribution in [0, 0.1) is 0 Å². The molecule has 0 spiro atoms. The van der Waals surface area contributed by atoms with Crippen LogP contribution in [0.1, 0.15) is 35.9 Å². The zero-order chi connectivity index (χ0) is 17.1. The number of nitrogens with one attached hydrogen (secondary N) is 1. The van der Waals surface area contributed by atoms with E-state index in [1.165, 1.54) is 10.6 Å². The van der Waals surface area contributed by atoms with Crippen molar-refractivity contribution in [1.29, 1.82) is 0 Å². The number of anilines is 2. The number of para-hydroxylation sites is 2. The van der Waals surface area contributed by atoms with Crippen molar-refractivity contribution in [2.45, 2.75) is 32.7 Å². The molecule has 1 aliphatic rings. The third-order valence-corrected chi connectivity index (χ3v) is 3.92. The van der Waals surface area contributed by atoms with Crippen LogP contribution in [0.4, 0.5) is 11.5 Å². The summed E-state index contributed by atoms with van der Waals surface area (Å²) in [6.07, 6.45) is 2.50. The number of carbonyl (C=O) groups excluding carboxylic acids is 1. The number of phenolic OH excluding ortho intramolecular Hbond substituents is 1. The SMILES string of the molecule is CCOC(=O)c1c(Nc2ccccc2O)nc2n(c1=O)CCCC2. The van der Waals surface area contributed by atoms with E-state index in [9.17, 15) is 14.7 Å². The van der Waals surface area contributed by atoms with Gasteiger partial charge < -0.3 is 15.2 Å². The van der Waals surface area contributed by atoms with Crippen LogP contribution in [0.3, 0.4) is 0 Å². The van der Waals surface area contributed by atoms with Gasteiger partial charge in [-0.05, 0) is 31.9 Å². The first-order chi connectivity index (χ1) is 11.6. The number of hydrogen-bond donors (Lipinski definition) is 2. The Labute approximate surface area is 138 Å². The highest BCUT2D eigenvalue weighted by Gasteiger charge is 2.25. The van der Waals surface area contributed by atoms with Gasteiger partial charge in [0.15, 0.2) is 11.4 Å². The van der Waals surface area contributed by atoms with E-state index in [1.54, 1.807) is 25.1 Å². The molecule has 0 fully saturated rings. The Kier molecular flexibility index (Phi) is 4.50. The number of nitrogens with zero attached hydrogens (tertiary/aromatic N) is 2. The number of hydrogen-bond acceptors (Lipinski definition) is 6. The number of ether oxygens (including phenoxy) is 1. The number of aromatic nitrogens is 2. The van der Waals surface area contributed by atoms with Crippen molar-refractivity contribution in [1.82, 2.24) is 9.55 Å². The monoisotopic (exact) mass is 329 g/mol. The van der Waals surface area contributed by atoms with E-state index in [1.807, 2.05) is 0 Å². The molecule has 0 amide bonds. The van der Waals surface area contributed by atoms with Gasteiger partial charge in [-0.2, -0.15) is 0 Å². The fraction of sp³-hybridized carbons (Fsp3) is 0.353. The van der Waals surface area contributed by atoms with Crippen molar-refractivity contribution < 1.29 is 14.6 Å². The minimum Gasteiger partial charge on any atom is -0.506 e. The Balaban J connectivity index is 2.12. The van der Waals surface area contributed by atoms with Crippen molar-refractivity contribution >= 4 is 17.5 Å². The molecule has 0 bridgehead atoms. The van der Waals surface area contributed by atoms with Gasteiger partial charge in [0, 0.05) is 13.0 Å². The summed E-state index contributed by atoms with van der Waals surface area (Å²) in [5.74, 6) is 0.0473. The molecule has 24 heavy (non-hydrogen) atoms.